The third-order valence-corrected chi connectivity index (χ3v) is 3.93. The number of carbonyl (C=O) groups is 1. The fourth-order valence-corrected chi connectivity index (χ4v) is 2.61. The summed E-state index contributed by atoms with van der Waals surface area (Å²) in [5.74, 6) is -0.0774. The van der Waals surface area contributed by atoms with Crippen LogP contribution in [0.5, 0.6) is 0 Å². The second kappa shape index (κ2) is 4.31. The van der Waals surface area contributed by atoms with Gasteiger partial charge in [-0.05, 0) is 32.1 Å². The van der Waals surface area contributed by atoms with E-state index >= 15 is 0 Å². The van der Waals surface area contributed by atoms with Crippen molar-refractivity contribution in [3.63, 3.8) is 0 Å². The number of hydrogen-bond acceptors (Lipinski definition) is 4. The number of nitrogens with two attached hydrogens (primary N) is 1. The maximum absolute atomic E-state index is 12.1. The zero-order chi connectivity index (χ0) is 12.6. The molecule has 1 heterocycles. The molecule has 0 unspecified atom stereocenters. The summed E-state index contributed by atoms with van der Waals surface area (Å²) in [5, 5.41) is 5.43. The van der Waals surface area contributed by atoms with E-state index in [4.69, 9.17) is 10.5 Å². The monoisotopic (exact) mass is 254 g/mol. The van der Waals surface area contributed by atoms with E-state index in [1.165, 1.54) is 11.3 Å². The summed E-state index contributed by atoms with van der Waals surface area (Å²) in [6.07, 6.45) is 2.14. The molecule has 17 heavy (non-hydrogen) atoms. The van der Waals surface area contributed by atoms with Crippen molar-refractivity contribution in [3.05, 3.63) is 16.5 Å². The van der Waals surface area contributed by atoms with E-state index in [9.17, 15) is 4.79 Å². The quantitative estimate of drug-likeness (QED) is 0.865. The van der Waals surface area contributed by atoms with Gasteiger partial charge in [-0.15, -0.1) is 11.3 Å². The van der Waals surface area contributed by atoms with Crippen molar-refractivity contribution in [2.24, 2.45) is 0 Å². The molecule has 1 aliphatic carbocycles. The number of anilines is 1. The molecule has 0 spiro atoms. The van der Waals surface area contributed by atoms with Gasteiger partial charge in [0.25, 0.3) is 5.91 Å². The maximum atomic E-state index is 12.1. The Kier molecular flexibility index (Phi) is 3.14. The lowest BCUT2D eigenvalue weighted by molar-refractivity contribution is 0.0188. The highest BCUT2D eigenvalue weighted by Crippen LogP contribution is 2.35. The molecule has 0 aliphatic heterocycles. The Morgan fingerprint density at radius 1 is 1.59 bits per heavy atom. The number of thiophene rings is 1. The van der Waals surface area contributed by atoms with Gasteiger partial charge in [-0.3, -0.25) is 4.79 Å². The molecule has 2 rings (SSSR count). The Balaban J connectivity index is 2.31. The number of carbonyl (C=O) groups excluding carboxylic acids is 1. The van der Waals surface area contributed by atoms with E-state index in [0.29, 0.717) is 16.6 Å². The molecule has 1 aromatic heterocycles. The summed E-state index contributed by atoms with van der Waals surface area (Å²) in [5.41, 5.74) is 6.84. The Morgan fingerprint density at radius 2 is 2.24 bits per heavy atom. The fraction of sp³-hybridized carbons (Fsp3) is 0.583. The summed E-state index contributed by atoms with van der Waals surface area (Å²) >= 11 is 1.39. The summed E-state index contributed by atoms with van der Waals surface area (Å²) in [6, 6.07) is 0.334. The summed E-state index contributed by atoms with van der Waals surface area (Å²) in [4.78, 5) is 12.1. The standard InChI is InChI=1S/C12H18N2O2S/c1-12(2,16-3)8-6-17-10(13)9(8)11(15)14-7-4-5-7/h6-7H,4-5,13H2,1-3H3,(H,14,15). The van der Waals surface area contributed by atoms with Gasteiger partial charge in [-0.25, -0.2) is 0 Å². The van der Waals surface area contributed by atoms with Crippen molar-refractivity contribution in [1.29, 1.82) is 0 Å². The van der Waals surface area contributed by atoms with Crippen LogP contribution in [0.2, 0.25) is 0 Å². The topological polar surface area (TPSA) is 64.3 Å². The first-order valence-corrected chi connectivity index (χ1v) is 6.57. The van der Waals surface area contributed by atoms with Crippen LogP contribution in [-0.4, -0.2) is 19.1 Å². The first kappa shape index (κ1) is 12.4. The van der Waals surface area contributed by atoms with Gasteiger partial charge in [-0.1, -0.05) is 0 Å². The lowest BCUT2D eigenvalue weighted by atomic mass is 9.96. The second-order valence-corrected chi connectivity index (χ2v) is 5.76. The predicted octanol–water partition coefficient (Wildman–Crippen LogP) is 2.10. The lowest BCUT2D eigenvalue weighted by Crippen LogP contribution is -2.30. The predicted molar refractivity (Wildman–Crippen MR) is 69.3 cm³/mol. The minimum atomic E-state index is -0.496. The summed E-state index contributed by atoms with van der Waals surface area (Å²) in [6.45, 7) is 3.87. The molecular weight excluding hydrogens is 236 g/mol. The molecule has 0 radical (unpaired) electrons. The third kappa shape index (κ3) is 2.45. The highest BCUT2D eigenvalue weighted by molar-refractivity contribution is 7.14. The molecular formula is C12H18N2O2S. The minimum Gasteiger partial charge on any atom is -0.390 e. The first-order chi connectivity index (χ1) is 7.95. The van der Waals surface area contributed by atoms with Crippen LogP contribution >= 0.6 is 11.3 Å². The molecule has 1 amide bonds. The largest absolute Gasteiger partial charge is 0.390 e. The van der Waals surface area contributed by atoms with Crippen molar-refractivity contribution in [2.75, 3.05) is 12.8 Å². The van der Waals surface area contributed by atoms with E-state index in [1.54, 1.807) is 7.11 Å². The molecule has 1 fully saturated rings. The van der Waals surface area contributed by atoms with Crippen LogP contribution < -0.4 is 11.1 Å². The molecule has 0 atom stereocenters. The van der Waals surface area contributed by atoms with Gasteiger partial charge in [0.2, 0.25) is 0 Å². The third-order valence-electron chi connectivity index (χ3n) is 3.12. The van der Waals surface area contributed by atoms with Crippen molar-refractivity contribution in [3.8, 4) is 0 Å². The number of ether oxygens (including phenoxy) is 1. The smallest absolute Gasteiger partial charge is 0.254 e. The molecule has 4 nitrogen and oxygen atoms in total. The van der Waals surface area contributed by atoms with E-state index in [-0.39, 0.29) is 5.91 Å². The van der Waals surface area contributed by atoms with Crippen molar-refractivity contribution in [2.45, 2.75) is 38.3 Å². The van der Waals surface area contributed by atoms with Gasteiger partial charge in [0.1, 0.15) is 0 Å². The average Bonchev–Trinajstić information content (AvgIpc) is 2.98. The molecule has 1 saturated carbocycles. The fourth-order valence-electron chi connectivity index (χ4n) is 1.65. The minimum absolute atomic E-state index is 0.0774. The Hall–Kier alpha value is -1.07. The van der Waals surface area contributed by atoms with Crippen LogP contribution in [0.25, 0.3) is 0 Å². The number of hydrogen-bond donors (Lipinski definition) is 2. The first-order valence-electron chi connectivity index (χ1n) is 5.69. The zero-order valence-electron chi connectivity index (χ0n) is 10.4. The number of nitrogen functional groups attached to an aromatic ring is 1. The van der Waals surface area contributed by atoms with E-state index in [0.717, 1.165) is 18.4 Å². The molecule has 1 aliphatic rings. The summed E-state index contributed by atoms with van der Waals surface area (Å²) < 4.78 is 5.42. The van der Waals surface area contributed by atoms with E-state index in [2.05, 4.69) is 5.32 Å². The number of rotatable bonds is 4. The molecule has 5 heteroatoms. The molecule has 94 valence electrons. The average molecular weight is 254 g/mol. The van der Waals surface area contributed by atoms with Crippen LogP contribution in [0.1, 0.15) is 42.6 Å². The van der Waals surface area contributed by atoms with Crippen LogP contribution in [0, 0.1) is 0 Å². The van der Waals surface area contributed by atoms with Gasteiger partial charge in [0, 0.05) is 18.7 Å². The molecule has 1 aromatic rings. The van der Waals surface area contributed by atoms with Gasteiger partial charge in [-0.2, -0.15) is 0 Å². The van der Waals surface area contributed by atoms with Crippen LogP contribution in [0.4, 0.5) is 5.00 Å². The molecule has 0 saturated heterocycles. The van der Waals surface area contributed by atoms with Gasteiger partial charge >= 0.3 is 0 Å². The van der Waals surface area contributed by atoms with Crippen molar-refractivity contribution < 1.29 is 9.53 Å². The highest BCUT2D eigenvalue weighted by atomic mass is 32.1. The van der Waals surface area contributed by atoms with Crippen LogP contribution in [-0.2, 0) is 10.3 Å². The van der Waals surface area contributed by atoms with Gasteiger partial charge < -0.3 is 15.8 Å². The van der Waals surface area contributed by atoms with E-state index in [1.807, 2.05) is 19.2 Å². The van der Waals surface area contributed by atoms with Crippen LogP contribution in [0.3, 0.4) is 0 Å². The number of amides is 1. The highest BCUT2D eigenvalue weighted by Gasteiger charge is 2.31. The Morgan fingerprint density at radius 3 is 2.76 bits per heavy atom. The zero-order valence-corrected chi connectivity index (χ0v) is 11.2. The Bertz CT molecular complexity index is 436. The molecule has 3 N–H and O–H groups in total. The SMILES string of the molecule is COC(C)(C)c1csc(N)c1C(=O)NC1CC1. The molecule has 0 aromatic carbocycles. The summed E-state index contributed by atoms with van der Waals surface area (Å²) in [7, 11) is 1.64. The lowest BCUT2D eigenvalue weighted by Gasteiger charge is -2.23. The molecule has 0 bridgehead atoms. The van der Waals surface area contributed by atoms with Gasteiger partial charge in [0.15, 0.2) is 0 Å². The number of methoxy groups -OCH3 is 1. The van der Waals surface area contributed by atoms with Crippen molar-refractivity contribution >= 4 is 22.2 Å². The maximum Gasteiger partial charge on any atom is 0.254 e. The Labute approximate surface area is 105 Å². The normalized spacial score (nSPS) is 15.9. The van der Waals surface area contributed by atoms with Gasteiger partial charge in [0.05, 0.1) is 16.2 Å². The number of nitrogens with one attached hydrogen (secondary N) is 1. The van der Waals surface area contributed by atoms with Crippen LogP contribution in [0.15, 0.2) is 5.38 Å². The van der Waals surface area contributed by atoms with Crippen molar-refractivity contribution in [1.82, 2.24) is 5.32 Å². The second-order valence-electron chi connectivity index (χ2n) is 4.85. The van der Waals surface area contributed by atoms with E-state index < -0.39 is 5.60 Å².